The minimum atomic E-state index is -1.06. The molecule has 2 atom stereocenters. The van der Waals surface area contributed by atoms with Gasteiger partial charge in [0.25, 0.3) is 0 Å². The second-order valence-electron chi connectivity index (χ2n) is 7.50. The Balaban J connectivity index is 1.57. The highest BCUT2D eigenvalue weighted by Crippen LogP contribution is 2.42. The summed E-state index contributed by atoms with van der Waals surface area (Å²) in [4.78, 5) is 44.1. The highest BCUT2D eigenvalue weighted by atomic mass is 16.4. The minimum Gasteiger partial charge on any atom is -0.480 e. The number of H-pyrrole nitrogens is 1. The van der Waals surface area contributed by atoms with Gasteiger partial charge in [-0.3, -0.25) is 9.69 Å². The normalized spacial score (nSPS) is 21.2. The Morgan fingerprint density at radius 3 is 2.52 bits per heavy atom. The topological polar surface area (TPSA) is 93.7 Å². The zero-order valence-electron chi connectivity index (χ0n) is 15.5. The fraction of sp³-hybridized carbons (Fsp3) is 0.227. The third-order valence-electron chi connectivity index (χ3n) is 5.84. The molecule has 0 bridgehead atoms. The smallest absolute Gasteiger partial charge is 0.328 e. The van der Waals surface area contributed by atoms with Crippen molar-refractivity contribution in [3.05, 3.63) is 71.4 Å². The van der Waals surface area contributed by atoms with Crippen LogP contribution in [0.25, 0.3) is 10.9 Å². The van der Waals surface area contributed by atoms with Crippen molar-refractivity contribution in [3.8, 4) is 0 Å². The Morgan fingerprint density at radius 2 is 1.76 bits per heavy atom. The van der Waals surface area contributed by atoms with E-state index in [1.165, 1.54) is 4.90 Å². The zero-order chi connectivity index (χ0) is 20.1. The number of carbonyl (C=O) groups is 3. The van der Waals surface area contributed by atoms with Gasteiger partial charge in [-0.2, -0.15) is 0 Å². The second kappa shape index (κ2) is 6.48. The van der Waals surface area contributed by atoms with Crippen molar-refractivity contribution in [2.45, 2.75) is 31.5 Å². The van der Waals surface area contributed by atoms with Crippen molar-refractivity contribution in [2.75, 3.05) is 0 Å². The van der Waals surface area contributed by atoms with Gasteiger partial charge >= 0.3 is 12.0 Å². The average molecular weight is 389 g/mol. The molecule has 0 spiro atoms. The number of imide groups is 1. The summed E-state index contributed by atoms with van der Waals surface area (Å²) in [5, 5.41) is 10.8. The van der Waals surface area contributed by atoms with Gasteiger partial charge in [-0.25, -0.2) is 9.59 Å². The minimum absolute atomic E-state index is 0.0577. The highest BCUT2D eigenvalue weighted by molar-refractivity contribution is 6.00. The maximum Gasteiger partial charge on any atom is 0.328 e. The lowest BCUT2D eigenvalue weighted by atomic mass is 9.88. The molecule has 1 fully saturated rings. The molecular weight excluding hydrogens is 370 g/mol. The molecular formula is C22H19N3O4. The van der Waals surface area contributed by atoms with Crippen LogP contribution in [0, 0.1) is 0 Å². The number of nitrogens with one attached hydrogen (secondary N) is 1. The number of benzene rings is 2. The number of nitrogens with zero attached hydrogens (tertiary/aromatic N) is 2. The van der Waals surface area contributed by atoms with Gasteiger partial charge in [0.05, 0.1) is 19.0 Å². The van der Waals surface area contributed by atoms with Gasteiger partial charge in [0.2, 0.25) is 5.91 Å². The number of aromatic amines is 1. The van der Waals surface area contributed by atoms with E-state index in [1.54, 1.807) is 0 Å². The van der Waals surface area contributed by atoms with Crippen molar-refractivity contribution in [1.82, 2.24) is 14.8 Å². The van der Waals surface area contributed by atoms with Gasteiger partial charge in [-0.05, 0) is 17.2 Å². The van der Waals surface area contributed by atoms with Crippen LogP contribution in [0.1, 0.15) is 29.3 Å². The Kier molecular flexibility index (Phi) is 3.91. The lowest BCUT2D eigenvalue weighted by Gasteiger charge is -2.45. The van der Waals surface area contributed by atoms with Crippen LogP contribution in [-0.2, 0) is 22.6 Å². The maximum absolute atomic E-state index is 13.3. The predicted molar refractivity (Wildman–Crippen MR) is 105 cm³/mol. The second-order valence-corrected chi connectivity index (χ2v) is 7.50. The molecule has 0 radical (unpaired) electrons. The molecule has 0 aliphatic carbocycles. The number of aliphatic carboxylic acids is 1. The van der Waals surface area contributed by atoms with Crippen molar-refractivity contribution in [1.29, 1.82) is 0 Å². The number of carbonyl (C=O) groups excluding carboxylic acids is 2. The Hall–Kier alpha value is -3.61. The van der Waals surface area contributed by atoms with Gasteiger partial charge in [0.15, 0.2) is 0 Å². The average Bonchev–Trinajstić information content (AvgIpc) is 3.10. The van der Waals surface area contributed by atoms with Crippen LogP contribution < -0.4 is 0 Å². The first-order chi connectivity index (χ1) is 14.0. The number of aromatic nitrogens is 1. The number of carboxylic acid groups (broad SMARTS) is 1. The summed E-state index contributed by atoms with van der Waals surface area (Å²) in [7, 11) is 0. The van der Waals surface area contributed by atoms with Crippen LogP contribution in [0.3, 0.4) is 0 Å². The molecule has 1 aromatic heterocycles. The Morgan fingerprint density at radius 1 is 1.03 bits per heavy atom. The fourth-order valence-corrected chi connectivity index (χ4v) is 4.49. The van der Waals surface area contributed by atoms with Gasteiger partial charge in [0, 0.05) is 23.0 Å². The molecule has 2 aromatic carbocycles. The monoisotopic (exact) mass is 389 g/mol. The number of para-hydroxylation sites is 1. The molecule has 7 nitrogen and oxygen atoms in total. The number of fused-ring (bicyclic) bond motifs is 5. The molecule has 0 saturated carbocycles. The molecule has 5 rings (SSSR count). The van der Waals surface area contributed by atoms with Crippen LogP contribution in [0.2, 0.25) is 0 Å². The summed E-state index contributed by atoms with van der Waals surface area (Å²) in [5.41, 5.74) is 3.36. The summed E-state index contributed by atoms with van der Waals surface area (Å²) in [6.07, 6.45) is 0.270. The number of hydrogen-bond acceptors (Lipinski definition) is 3. The summed E-state index contributed by atoms with van der Waals surface area (Å²) < 4.78 is 0. The van der Waals surface area contributed by atoms with E-state index in [2.05, 4.69) is 4.98 Å². The summed E-state index contributed by atoms with van der Waals surface area (Å²) in [6.45, 7) is 0.133. The molecule has 2 N–H and O–H groups in total. The van der Waals surface area contributed by atoms with Gasteiger partial charge in [0.1, 0.15) is 6.04 Å². The third-order valence-corrected chi connectivity index (χ3v) is 5.84. The first-order valence-corrected chi connectivity index (χ1v) is 9.53. The zero-order valence-corrected chi connectivity index (χ0v) is 15.5. The van der Waals surface area contributed by atoms with Crippen molar-refractivity contribution >= 4 is 28.8 Å². The van der Waals surface area contributed by atoms with Crippen molar-refractivity contribution in [2.24, 2.45) is 0 Å². The number of amides is 3. The number of urea groups is 1. The molecule has 2 aliphatic rings. The molecule has 1 saturated heterocycles. The fourth-order valence-electron chi connectivity index (χ4n) is 4.49. The molecule has 0 unspecified atom stereocenters. The van der Waals surface area contributed by atoms with Gasteiger partial charge in [-0.1, -0.05) is 48.5 Å². The predicted octanol–water partition coefficient (Wildman–Crippen LogP) is 3.07. The molecule has 3 heterocycles. The number of rotatable bonds is 3. The molecule has 146 valence electrons. The van der Waals surface area contributed by atoms with E-state index in [4.69, 9.17) is 0 Å². The summed E-state index contributed by atoms with van der Waals surface area (Å²) in [5.74, 6) is -1.36. The van der Waals surface area contributed by atoms with Crippen LogP contribution in [-0.4, -0.2) is 43.8 Å². The van der Waals surface area contributed by atoms with Gasteiger partial charge in [-0.15, -0.1) is 0 Å². The van der Waals surface area contributed by atoms with E-state index in [0.29, 0.717) is 0 Å². The molecule has 29 heavy (non-hydrogen) atoms. The quantitative estimate of drug-likeness (QED) is 0.720. The van der Waals surface area contributed by atoms with E-state index in [9.17, 15) is 19.5 Å². The summed E-state index contributed by atoms with van der Waals surface area (Å²) in [6, 6.07) is 14.7. The Labute approximate surface area is 166 Å². The van der Waals surface area contributed by atoms with Gasteiger partial charge < -0.3 is 15.0 Å². The van der Waals surface area contributed by atoms with Crippen molar-refractivity contribution < 1.29 is 19.5 Å². The van der Waals surface area contributed by atoms with Crippen LogP contribution in [0.15, 0.2) is 54.6 Å². The van der Waals surface area contributed by atoms with E-state index >= 15 is 0 Å². The molecule has 7 heteroatoms. The third kappa shape index (κ3) is 2.69. The number of hydrogen-bond donors (Lipinski definition) is 2. The van der Waals surface area contributed by atoms with E-state index in [1.807, 2.05) is 54.6 Å². The van der Waals surface area contributed by atoms with Crippen LogP contribution in [0.4, 0.5) is 4.79 Å². The number of carboxylic acids is 1. The first-order valence-electron chi connectivity index (χ1n) is 9.53. The largest absolute Gasteiger partial charge is 0.480 e. The lowest BCUT2D eigenvalue weighted by Crippen LogP contribution is -2.60. The van der Waals surface area contributed by atoms with Crippen LogP contribution >= 0.6 is 0 Å². The maximum atomic E-state index is 13.3. The molecule has 3 aromatic rings. The van der Waals surface area contributed by atoms with E-state index in [0.717, 1.165) is 32.6 Å². The SMILES string of the molecule is O=C(O)[C@@H]1Cc2c([nH]c3ccccc23)[C@H]2CC(=O)N(Cc3ccccc3)C(=O)N21. The molecule has 3 amide bonds. The Bertz CT molecular complexity index is 1140. The van der Waals surface area contributed by atoms with Crippen molar-refractivity contribution in [3.63, 3.8) is 0 Å². The van der Waals surface area contributed by atoms with Crippen LogP contribution in [0.5, 0.6) is 0 Å². The molecule has 2 aliphatic heterocycles. The summed E-state index contributed by atoms with van der Waals surface area (Å²) >= 11 is 0. The van der Waals surface area contributed by atoms with E-state index in [-0.39, 0.29) is 25.3 Å². The first kappa shape index (κ1) is 17.5. The highest BCUT2D eigenvalue weighted by Gasteiger charge is 2.49. The standard InChI is InChI=1S/C22H19N3O4/c26-19-11-17-20-15(14-8-4-5-9-16(14)23-20)10-18(21(27)28)25(17)22(29)24(19)12-13-6-2-1-3-7-13/h1-9,17-18,23H,10-12H2,(H,27,28)/t17-,18+/m1/s1. The lowest BCUT2D eigenvalue weighted by molar-refractivity contribution is -0.147. The van der Waals surface area contributed by atoms with E-state index < -0.39 is 24.1 Å².